The summed E-state index contributed by atoms with van der Waals surface area (Å²) >= 11 is 0. The van der Waals surface area contributed by atoms with Gasteiger partial charge in [0.1, 0.15) is 11.6 Å². The second-order valence-corrected chi connectivity index (χ2v) is 12.2. The van der Waals surface area contributed by atoms with Gasteiger partial charge in [0, 0.05) is 36.5 Å². The summed E-state index contributed by atoms with van der Waals surface area (Å²) in [5, 5.41) is 16.0. The molecule has 1 heterocycles. The monoisotopic (exact) mass is 683 g/mol. The van der Waals surface area contributed by atoms with Crippen molar-refractivity contribution in [2.24, 2.45) is 10.1 Å². The number of aliphatic hydroxyl groups excluding tert-OH is 1. The Morgan fingerprint density at radius 1 is 0.882 bits per heavy atom. The minimum absolute atomic E-state index is 0.0382. The van der Waals surface area contributed by atoms with Crippen molar-refractivity contribution in [1.82, 2.24) is 5.32 Å². The van der Waals surface area contributed by atoms with Crippen molar-refractivity contribution in [3.8, 4) is 16.9 Å². The summed E-state index contributed by atoms with van der Waals surface area (Å²) < 4.78 is 26.0. The largest absolute Gasteiger partial charge is 0.494 e. The Hall–Kier alpha value is -5.96. The van der Waals surface area contributed by atoms with E-state index in [0.29, 0.717) is 36.7 Å². The highest BCUT2D eigenvalue weighted by atomic mass is 19.1. The maximum atomic E-state index is 14.7. The number of benzene rings is 5. The second kappa shape index (κ2) is 16.6. The van der Waals surface area contributed by atoms with Crippen molar-refractivity contribution < 1.29 is 23.8 Å². The molecule has 0 aromatic heterocycles. The molecule has 1 amide bonds. The summed E-state index contributed by atoms with van der Waals surface area (Å²) in [6.45, 7) is 0.818. The van der Waals surface area contributed by atoms with Crippen LogP contribution in [0.1, 0.15) is 40.3 Å². The highest BCUT2D eigenvalue weighted by Gasteiger charge is 2.53. The van der Waals surface area contributed by atoms with Gasteiger partial charge in [-0.15, -0.1) is 0 Å². The summed E-state index contributed by atoms with van der Waals surface area (Å²) in [4.78, 5) is 22.8. The molecular formula is C41H38FN5O4. The fourth-order valence-corrected chi connectivity index (χ4v) is 6.17. The summed E-state index contributed by atoms with van der Waals surface area (Å²) in [5.74, 6) is 0.280. The summed E-state index contributed by atoms with van der Waals surface area (Å²) in [7, 11) is 0. The van der Waals surface area contributed by atoms with Gasteiger partial charge in [-0.2, -0.15) is 0 Å². The van der Waals surface area contributed by atoms with Crippen molar-refractivity contribution in [1.29, 1.82) is 0 Å². The zero-order chi connectivity index (χ0) is 35.5. The molecule has 0 radical (unpaired) electrons. The Morgan fingerprint density at radius 2 is 1.55 bits per heavy atom. The molecule has 5 aromatic carbocycles. The van der Waals surface area contributed by atoms with Crippen LogP contribution in [0, 0.1) is 5.82 Å². The van der Waals surface area contributed by atoms with E-state index in [1.54, 1.807) is 24.3 Å². The third-order valence-electron chi connectivity index (χ3n) is 8.85. The van der Waals surface area contributed by atoms with Crippen LogP contribution in [0.3, 0.4) is 0 Å². The lowest BCUT2D eigenvalue weighted by atomic mass is 9.80. The number of hydrogen-bond acceptors (Lipinski definition) is 6. The molecule has 1 aliphatic heterocycles. The Bertz CT molecular complexity index is 2000. The first-order chi connectivity index (χ1) is 25.0. The van der Waals surface area contributed by atoms with E-state index in [4.69, 9.17) is 25.1 Å². The highest BCUT2D eigenvalue weighted by molar-refractivity contribution is 6.01. The molecule has 10 heteroatoms. The van der Waals surface area contributed by atoms with Gasteiger partial charge in [0.2, 0.25) is 5.90 Å². The van der Waals surface area contributed by atoms with E-state index in [2.05, 4.69) is 15.3 Å². The summed E-state index contributed by atoms with van der Waals surface area (Å²) in [6, 6.07) is 39.0. The first-order valence-corrected chi connectivity index (χ1v) is 16.9. The molecule has 0 saturated heterocycles. The van der Waals surface area contributed by atoms with Gasteiger partial charge in [0.05, 0.1) is 13.2 Å². The molecule has 5 aromatic rings. The number of aliphatic hydroxyl groups is 1. The summed E-state index contributed by atoms with van der Waals surface area (Å²) in [5.41, 5.74) is 13.6. The number of nitrogens with zero attached hydrogens (tertiary/aromatic N) is 4. The van der Waals surface area contributed by atoms with Gasteiger partial charge in [-0.3, -0.25) is 4.79 Å². The summed E-state index contributed by atoms with van der Waals surface area (Å²) in [6.07, 6.45) is 0.337. The molecule has 0 fully saturated rings. The van der Waals surface area contributed by atoms with Gasteiger partial charge >= 0.3 is 0 Å². The average Bonchev–Trinajstić information content (AvgIpc) is 3.56. The SMILES string of the molecule is [N-]=[N+]=NCc1ccccc1C[C@@]1(C(=O)NCCc2ccc(F)cc2)N=C(c2ccc(OCCCO)cc2)O[C@@H]1c1ccc(-c2ccccc2)cc1. The third-order valence-corrected chi connectivity index (χ3v) is 8.85. The van der Waals surface area contributed by atoms with Gasteiger partial charge < -0.3 is 19.9 Å². The van der Waals surface area contributed by atoms with Crippen LogP contribution in [-0.4, -0.2) is 42.2 Å². The lowest BCUT2D eigenvalue weighted by Gasteiger charge is -2.31. The number of aliphatic imine (C=N–C) groups is 1. The van der Waals surface area contributed by atoms with Gasteiger partial charge in [-0.05, 0) is 81.7 Å². The van der Waals surface area contributed by atoms with Crippen LogP contribution in [0.2, 0.25) is 0 Å². The van der Waals surface area contributed by atoms with E-state index >= 15 is 0 Å². The smallest absolute Gasteiger partial charge is 0.252 e. The maximum Gasteiger partial charge on any atom is 0.252 e. The molecule has 51 heavy (non-hydrogen) atoms. The molecule has 0 unspecified atom stereocenters. The minimum Gasteiger partial charge on any atom is -0.494 e. The van der Waals surface area contributed by atoms with E-state index in [9.17, 15) is 9.18 Å². The Kier molecular flexibility index (Phi) is 11.4. The zero-order valence-corrected chi connectivity index (χ0v) is 28.0. The molecule has 0 bridgehead atoms. The molecule has 9 nitrogen and oxygen atoms in total. The van der Waals surface area contributed by atoms with Crippen LogP contribution >= 0.6 is 0 Å². The molecule has 0 saturated carbocycles. The van der Waals surface area contributed by atoms with Crippen molar-refractivity contribution in [2.75, 3.05) is 19.8 Å². The molecular weight excluding hydrogens is 645 g/mol. The van der Waals surface area contributed by atoms with E-state index in [1.807, 2.05) is 91.0 Å². The average molecular weight is 684 g/mol. The molecule has 0 spiro atoms. The fraction of sp³-hybridized carbons (Fsp3) is 0.220. The number of rotatable bonds is 15. The lowest BCUT2D eigenvalue weighted by molar-refractivity contribution is -0.128. The quantitative estimate of drug-likeness (QED) is 0.0503. The van der Waals surface area contributed by atoms with Crippen molar-refractivity contribution in [3.05, 3.63) is 171 Å². The van der Waals surface area contributed by atoms with Crippen LogP contribution in [-0.2, 0) is 28.9 Å². The Labute approximate surface area is 296 Å². The number of ether oxygens (including phenoxy) is 2. The first kappa shape index (κ1) is 34.9. The highest BCUT2D eigenvalue weighted by Crippen LogP contribution is 2.43. The van der Waals surface area contributed by atoms with Crippen molar-refractivity contribution in [3.63, 3.8) is 0 Å². The maximum absolute atomic E-state index is 14.7. The molecule has 2 N–H and O–H groups in total. The molecule has 1 aliphatic rings. The predicted molar refractivity (Wildman–Crippen MR) is 195 cm³/mol. The van der Waals surface area contributed by atoms with Crippen LogP contribution in [0.25, 0.3) is 21.6 Å². The molecule has 6 rings (SSSR count). The lowest BCUT2D eigenvalue weighted by Crippen LogP contribution is -2.50. The topological polar surface area (TPSA) is 129 Å². The van der Waals surface area contributed by atoms with Crippen LogP contribution in [0.4, 0.5) is 4.39 Å². The van der Waals surface area contributed by atoms with E-state index in [0.717, 1.165) is 33.4 Å². The van der Waals surface area contributed by atoms with Gasteiger partial charge in [0.25, 0.3) is 5.91 Å². The van der Waals surface area contributed by atoms with Gasteiger partial charge in [-0.1, -0.05) is 96.1 Å². The predicted octanol–water partition coefficient (Wildman–Crippen LogP) is 7.92. The van der Waals surface area contributed by atoms with Crippen LogP contribution in [0.15, 0.2) is 138 Å². The fourth-order valence-electron chi connectivity index (χ4n) is 6.17. The first-order valence-electron chi connectivity index (χ1n) is 16.9. The number of nitrogens with one attached hydrogen (secondary N) is 1. The molecule has 0 aliphatic carbocycles. The molecule has 2 atom stereocenters. The van der Waals surface area contributed by atoms with Crippen molar-refractivity contribution in [2.45, 2.75) is 37.5 Å². The van der Waals surface area contributed by atoms with E-state index in [1.165, 1.54) is 12.1 Å². The second-order valence-electron chi connectivity index (χ2n) is 12.2. The zero-order valence-electron chi connectivity index (χ0n) is 28.0. The number of carbonyl (C=O) groups is 1. The number of halogens is 1. The Morgan fingerprint density at radius 3 is 2.25 bits per heavy atom. The van der Waals surface area contributed by atoms with Crippen molar-refractivity contribution >= 4 is 11.8 Å². The van der Waals surface area contributed by atoms with Crippen LogP contribution in [0.5, 0.6) is 5.75 Å². The van der Waals surface area contributed by atoms with Crippen LogP contribution < -0.4 is 10.1 Å². The number of hydrogen-bond donors (Lipinski definition) is 2. The third kappa shape index (κ3) is 8.44. The van der Waals surface area contributed by atoms with Gasteiger partial charge in [0.15, 0.2) is 11.6 Å². The molecule has 258 valence electrons. The minimum atomic E-state index is -1.46. The van der Waals surface area contributed by atoms with Gasteiger partial charge in [-0.25, -0.2) is 9.38 Å². The normalized spacial score (nSPS) is 16.4. The Balaban J connectivity index is 1.41. The van der Waals surface area contributed by atoms with E-state index < -0.39 is 11.6 Å². The number of azide groups is 1. The number of amides is 1. The van der Waals surface area contributed by atoms with E-state index in [-0.39, 0.29) is 37.8 Å². The standard InChI is InChI=1S/C41H38FN5O4/c42-36-19-11-29(12-20-36)23-24-44-40(49)41(27-34-9-4-5-10-35(34)28-45-47-43)38(32-15-13-31(14-16-32)30-7-2-1-3-8-30)51-39(46-41)33-17-21-37(22-18-33)50-26-6-25-48/h1-5,7-22,38,48H,6,23-28H2,(H,44,49)/t38-,41-/m1/s1. The number of carbonyl (C=O) groups excluding carboxylic acids is 1.